The molecule has 1 saturated carbocycles. The van der Waals surface area contributed by atoms with Gasteiger partial charge in [-0.3, -0.25) is 0 Å². The lowest BCUT2D eigenvalue weighted by molar-refractivity contribution is 0.134. The lowest BCUT2D eigenvalue weighted by Crippen LogP contribution is -2.40. The third kappa shape index (κ3) is 3.76. The van der Waals surface area contributed by atoms with E-state index in [4.69, 9.17) is 0 Å². The number of hydrogen-bond donors (Lipinski definition) is 1. The van der Waals surface area contributed by atoms with Gasteiger partial charge >= 0.3 is 0 Å². The Morgan fingerprint density at radius 3 is 2.12 bits per heavy atom. The first-order valence-corrected chi connectivity index (χ1v) is 7.25. The van der Waals surface area contributed by atoms with Crippen LogP contribution in [0.15, 0.2) is 0 Å². The molecule has 0 bridgehead atoms. The summed E-state index contributed by atoms with van der Waals surface area (Å²) in [7, 11) is 0. The maximum atomic E-state index is 3.76. The summed E-state index contributed by atoms with van der Waals surface area (Å²) in [6, 6.07) is 1.49. The van der Waals surface area contributed by atoms with Gasteiger partial charge < -0.3 is 5.32 Å². The van der Waals surface area contributed by atoms with Gasteiger partial charge in [0.15, 0.2) is 0 Å². The molecule has 0 aromatic heterocycles. The molecule has 1 unspecified atom stereocenters. The van der Waals surface area contributed by atoms with Gasteiger partial charge in [-0.25, -0.2) is 0 Å². The normalized spacial score (nSPS) is 29.1. The molecule has 1 aliphatic rings. The fourth-order valence-corrected chi connectivity index (χ4v) is 2.85. The summed E-state index contributed by atoms with van der Waals surface area (Å²) in [5, 5.41) is 3.76. The topological polar surface area (TPSA) is 12.0 Å². The molecule has 0 aliphatic heterocycles. The van der Waals surface area contributed by atoms with Gasteiger partial charge in [-0.2, -0.15) is 0 Å². The predicted molar refractivity (Wildman–Crippen MR) is 72.7 cm³/mol. The molecule has 0 spiro atoms. The number of hydrogen-bond acceptors (Lipinski definition) is 1. The lowest BCUT2D eigenvalue weighted by atomic mass is 9.69. The summed E-state index contributed by atoms with van der Waals surface area (Å²) in [5.74, 6) is 0.951. The molecular weight excluding hydrogens is 194 g/mol. The zero-order valence-electron chi connectivity index (χ0n) is 12.0. The maximum Gasteiger partial charge on any atom is 0.00697 e. The van der Waals surface area contributed by atoms with Gasteiger partial charge in [0.05, 0.1) is 0 Å². The van der Waals surface area contributed by atoms with Crippen LogP contribution in [0, 0.1) is 11.3 Å². The summed E-state index contributed by atoms with van der Waals surface area (Å²) in [6.07, 6.45) is 8.20. The largest absolute Gasteiger partial charge is 0.312 e. The van der Waals surface area contributed by atoms with E-state index in [-0.39, 0.29) is 0 Å². The Kier molecular flexibility index (Phi) is 5.30. The highest BCUT2D eigenvalue weighted by molar-refractivity contribution is 4.85. The molecule has 0 saturated heterocycles. The molecule has 1 fully saturated rings. The molecule has 1 rings (SSSR count). The van der Waals surface area contributed by atoms with Crippen molar-refractivity contribution in [2.24, 2.45) is 11.3 Å². The Labute approximate surface area is 102 Å². The first kappa shape index (κ1) is 14.0. The van der Waals surface area contributed by atoms with Gasteiger partial charge in [0.1, 0.15) is 0 Å². The molecule has 1 N–H and O–H groups in total. The minimum atomic E-state index is 0.557. The smallest absolute Gasteiger partial charge is 0.00697 e. The predicted octanol–water partition coefficient (Wildman–Crippen LogP) is 4.37. The molecule has 1 heteroatoms. The molecule has 1 nitrogen and oxygen atoms in total. The van der Waals surface area contributed by atoms with E-state index in [1.54, 1.807) is 0 Å². The van der Waals surface area contributed by atoms with Crippen LogP contribution in [0.25, 0.3) is 0 Å². The molecule has 0 aromatic carbocycles. The van der Waals surface area contributed by atoms with E-state index in [0.29, 0.717) is 11.5 Å². The molecule has 0 radical (unpaired) electrons. The van der Waals surface area contributed by atoms with Crippen LogP contribution in [0.3, 0.4) is 0 Å². The second kappa shape index (κ2) is 6.05. The van der Waals surface area contributed by atoms with Crippen LogP contribution < -0.4 is 5.32 Å². The summed E-state index contributed by atoms with van der Waals surface area (Å²) in [4.78, 5) is 0. The average Bonchev–Trinajstić information content (AvgIpc) is 2.29. The van der Waals surface area contributed by atoms with E-state index in [1.807, 2.05) is 0 Å². The summed E-state index contributed by atoms with van der Waals surface area (Å²) in [5.41, 5.74) is 0.557. The fourth-order valence-electron chi connectivity index (χ4n) is 2.85. The molecule has 16 heavy (non-hydrogen) atoms. The summed E-state index contributed by atoms with van der Waals surface area (Å²) < 4.78 is 0. The molecule has 1 aliphatic carbocycles. The molecule has 0 amide bonds. The Balaban J connectivity index is 2.34. The Bertz CT molecular complexity index is 190. The van der Waals surface area contributed by atoms with Crippen molar-refractivity contribution in [1.82, 2.24) is 5.32 Å². The van der Waals surface area contributed by atoms with Crippen LogP contribution in [0.2, 0.25) is 0 Å². The highest BCUT2D eigenvalue weighted by Gasteiger charge is 2.31. The van der Waals surface area contributed by atoms with Crippen molar-refractivity contribution in [3.05, 3.63) is 0 Å². The van der Waals surface area contributed by atoms with Gasteiger partial charge in [-0.15, -0.1) is 0 Å². The van der Waals surface area contributed by atoms with E-state index in [2.05, 4.69) is 39.9 Å². The summed E-state index contributed by atoms with van der Waals surface area (Å²) >= 11 is 0. The van der Waals surface area contributed by atoms with Gasteiger partial charge in [0, 0.05) is 12.1 Å². The molecule has 0 heterocycles. The minimum Gasteiger partial charge on any atom is -0.312 e. The van der Waals surface area contributed by atoms with Crippen molar-refractivity contribution < 1.29 is 0 Å². The first-order chi connectivity index (χ1) is 7.49. The Hall–Kier alpha value is -0.0400. The van der Waals surface area contributed by atoms with Crippen molar-refractivity contribution in [1.29, 1.82) is 0 Å². The quantitative estimate of drug-likeness (QED) is 0.732. The van der Waals surface area contributed by atoms with Crippen LogP contribution in [0.4, 0.5) is 0 Å². The van der Waals surface area contributed by atoms with Crippen LogP contribution in [-0.2, 0) is 0 Å². The van der Waals surface area contributed by atoms with Crippen LogP contribution in [-0.4, -0.2) is 12.1 Å². The van der Waals surface area contributed by atoms with E-state index in [1.165, 1.54) is 38.5 Å². The molecule has 1 atom stereocenters. The van der Waals surface area contributed by atoms with Gasteiger partial charge in [-0.1, -0.05) is 34.1 Å². The van der Waals surface area contributed by atoms with Gasteiger partial charge in [-0.05, 0) is 50.4 Å². The monoisotopic (exact) mass is 225 g/mol. The van der Waals surface area contributed by atoms with Crippen LogP contribution in [0.1, 0.15) is 73.1 Å². The third-order valence-corrected chi connectivity index (χ3v) is 4.88. The van der Waals surface area contributed by atoms with Crippen molar-refractivity contribution in [2.75, 3.05) is 0 Å². The molecule has 0 aromatic rings. The number of nitrogens with one attached hydrogen (secondary N) is 1. The average molecular weight is 225 g/mol. The maximum absolute atomic E-state index is 3.76. The summed E-state index contributed by atoms with van der Waals surface area (Å²) in [6.45, 7) is 11.8. The van der Waals surface area contributed by atoms with Crippen LogP contribution in [0.5, 0.6) is 0 Å². The SMILES string of the molecule is CCC(C)NC1CCC(C(C)(C)CC)CC1. The Morgan fingerprint density at radius 1 is 1.12 bits per heavy atom. The van der Waals surface area contributed by atoms with Gasteiger partial charge in [0.25, 0.3) is 0 Å². The molecular formula is C15H31N. The highest BCUT2D eigenvalue weighted by Crippen LogP contribution is 2.40. The second-order valence-electron chi connectivity index (χ2n) is 6.37. The second-order valence-corrected chi connectivity index (χ2v) is 6.37. The van der Waals surface area contributed by atoms with Crippen molar-refractivity contribution in [2.45, 2.75) is 85.2 Å². The van der Waals surface area contributed by atoms with E-state index >= 15 is 0 Å². The van der Waals surface area contributed by atoms with Crippen molar-refractivity contribution in [3.8, 4) is 0 Å². The zero-order valence-corrected chi connectivity index (χ0v) is 12.0. The standard InChI is InChI=1S/C15H31N/c1-6-12(3)16-14-10-8-13(9-11-14)15(4,5)7-2/h12-14,16H,6-11H2,1-5H3. The minimum absolute atomic E-state index is 0.557. The first-order valence-electron chi connectivity index (χ1n) is 7.25. The lowest BCUT2D eigenvalue weighted by Gasteiger charge is -2.39. The number of rotatable bonds is 5. The van der Waals surface area contributed by atoms with Gasteiger partial charge in [0.2, 0.25) is 0 Å². The fraction of sp³-hybridized carbons (Fsp3) is 1.00. The van der Waals surface area contributed by atoms with E-state index < -0.39 is 0 Å². The van der Waals surface area contributed by atoms with Crippen LogP contribution >= 0.6 is 0 Å². The van der Waals surface area contributed by atoms with Crippen molar-refractivity contribution in [3.63, 3.8) is 0 Å². The van der Waals surface area contributed by atoms with E-state index in [0.717, 1.165) is 12.0 Å². The van der Waals surface area contributed by atoms with Crippen molar-refractivity contribution >= 4 is 0 Å². The highest BCUT2D eigenvalue weighted by atomic mass is 14.9. The Morgan fingerprint density at radius 2 is 1.69 bits per heavy atom. The zero-order chi connectivity index (χ0) is 12.2. The molecule has 96 valence electrons. The third-order valence-electron chi connectivity index (χ3n) is 4.88. The van der Waals surface area contributed by atoms with E-state index in [9.17, 15) is 0 Å².